The van der Waals surface area contributed by atoms with Gasteiger partial charge in [-0.25, -0.2) is 0 Å². The van der Waals surface area contributed by atoms with Gasteiger partial charge in [0.2, 0.25) is 0 Å². The minimum absolute atomic E-state index is 0.563. The van der Waals surface area contributed by atoms with Crippen molar-refractivity contribution >= 4 is 16.7 Å². The first-order valence-electron chi connectivity index (χ1n) is 7.55. The Kier molecular flexibility index (Phi) is 3.68. The third-order valence-electron chi connectivity index (χ3n) is 4.64. The smallest absolute Gasteiger partial charge is 0.313 e. The summed E-state index contributed by atoms with van der Waals surface area (Å²) in [5.74, 6) is -1.79. The highest BCUT2D eigenvalue weighted by atomic mass is 16.4. The van der Waals surface area contributed by atoms with Gasteiger partial charge in [-0.05, 0) is 29.2 Å². The van der Waals surface area contributed by atoms with Crippen molar-refractivity contribution in [1.29, 1.82) is 0 Å². The third-order valence-corrected chi connectivity index (χ3v) is 4.64. The van der Waals surface area contributed by atoms with Gasteiger partial charge in [0.1, 0.15) is 5.92 Å². The molecule has 3 rings (SSSR count). The summed E-state index contributed by atoms with van der Waals surface area (Å²) in [6.07, 6.45) is 3.99. The molecule has 2 aromatic carbocycles. The summed E-state index contributed by atoms with van der Waals surface area (Å²) in [5, 5.41) is 22.6. The molecule has 0 heterocycles. The van der Waals surface area contributed by atoms with Gasteiger partial charge in [-0.2, -0.15) is 0 Å². The standard InChI is InChI=1S/C18H20O3/c19-17(20)16(18(21)11-4-1-5-12-18)15-10-6-8-13-7-2-3-9-14(13)15/h2-3,6-10,16,21H,1,4-5,11-12H2,(H,19,20). The molecule has 1 aliphatic carbocycles. The van der Waals surface area contributed by atoms with Crippen molar-refractivity contribution in [2.75, 3.05) is 0 Å². The van der Waals surface area contributed by atoms with Crippen LogP contribution in [0.4, 0.5) is 0 Å². The van der Waals surface area contributed by atoms with E-state index >= 15 is 0 Å². The zero-order valence-corrected chi connectivity index (χ0v) is 12.0. The predicted molar refractivity (Wildman–Crippen MR) is 82.4 cm³/mol. The van der Waals surface area contributed by atoms with Crippen molar-refractivity contribution in [1.82, 2.24) is 0 Å². The maximum absolute atomic E-state index is 11.9. The van der Waals surface area contributed by atoms with Gasteiger partial charge in [-0.3, -0.25) is 4.79 Å². The van der Waals surface area contributed by atoms with E-state index in [4.69, 9.17) is 0 Å². The van der Waals surface area contributed by atoms with Crippen LogP contribution in [-0.4, -0.2) is 21.8 Å². The van der Waals surface area contributed by atoms with Gasteiger partial charge in [-0.15, -0.1) is 0 Å². The molecule has 1 unspecified atom stereocenters. The van der Waals surface area contributed by atoms with Crippen LogP contribution in [0.15, 0.2) is 42.5 Å². The van der Waals surface area contributed by atoms with Crippen LogP contribution in [0.25, 0.3) is 10.8 Å². The van der Waals surface area contributed by atoms with E-state index in [1.807, 2.05) is 42.5 Å². The van der Waals surface area contributed by atoms with Crippen LogP contribution in [-0.2, 0) is 4.79 Å². The molecule has 0 aromatic heterocycles. The Morgan fingerprint density at radius 2 is 1.67 bits per heavy atom. The zero-order valence-electron chi connectivity index (χ0n) is 12.0. The van der Waals surface area contributed by atoms with Crippen LogP contribution >= 0.6 is 0 Å². The Hall–Kier alpha value is -1.87. The van der Waals surface area contributed by atoms with E-state index in [0.29, 0.717) is 12.8 Å². The lowest BCUT2D eigenvalue weighted by Crippen LogP contribution is -2.42. The van der Waals surface area contributed by atoms with Crippen molar-refractivity contribution in [3.05, 3.63) is 48.0 Å². The Morgan fingerprint density at radius 3 is 2.38 bits per heavy atom. The monoisotopic (exact) mass is 284 g/mol. The minimum atomic E-state index is -1.13. The second-order valence-electron chi connectivity index (χ2n) is 6.00. The third kappa shape index (κ3) is 2.54. The number of carbonyl (C=O) groups is 1. The molecule has 1 atom stereocenters. The number of aliphatic hydroxyl groups is 1. The van der Waals surface area contributed by atoms with E-state index < -0.39 is 17.5 Å². The zero-order chi connectivity index (χ0) is 14.9. The fourth-order valence-corrected chi connectivity index (χ4v) is 3.61. The molecule has 3 nitrogen and oxygen atoms in total. The van der Waals surface area contributed by atoms with Crippen LogP contribution in [0.2, 0.25) is 0 Å². The van der Waals surface area contributed by atoms with E-state index in [0.717, 1.165) is 35.6 Å². The highest BCUT2D eigenvalue weighted by Crippen LogP contribution is 2.42. The fourth-order valence-electron chi connectivity index (χ4n) is 3.61. The molecule has 2 aromatic rings. The first-order chi connectivity index (χ1) is 10.1. The first-order valence-corrected chi connectivity index (χ1v) is 7.55. The largest absolute Gasteiger partial charge is 0.481 e. The van der Waals surface area contributed by atoms with Crippen molar-refractivity contribution in [3.8, 4) is 0 Å². The number of hydrogen-bond acceptors (Lipinski definition) is 2. The van der Waals surface area contributed by atoms with Gasteiger partial charge >= 0.3 is 5.97 Å². The quantitative estimate of drug-likeness (QED) is 0.903. The number of benzene rings is 2. The van der Waals surface area contributed by atoms with Crippen LogP contribution in [0.5, 0.6) is 0 Å². The van der Waals surface area contributed by atoms with E-state index in [2.05, 4.69) is 0 Å². The highest BCUT2D eigenvalue weighted by molar-refractivity contribution is 5.91. The van der Waals surface area contributed by atoms with Gasteiger partial charge in [-0.1, -0.05) is 61.7 Å². The first kappa shape index (κ1) is 14.1. The summed E-state index contributed by atoms with van der Waals surface area (Å²) in [6.45, 7) is 0. The van der Waals surface area contributed by atoms with Gasteiger partial charge in [0.05, 0.1) is 5.60 Å². The lowest BCUT2D eigenvalue weighted by molar-refractivity contribution is -0.147. The Bertz CT molecular complexity index is 651. The average molecular weight is 284 g/mol. The molecule has 0 bridgehead atoms. The molecule has 0 radical (unpaired) electrons. The van der Waals surface area contributed by atoms with Crippen LogP contribution in [0, 0.1) is 0 Å². The number of hydrogen-bond donors (Lipinski definition) is 2. The summed E-state index contributed by atoms with van der Waals surface area (Å²) in [5.41, 5.74) is -0.404. The summed E-state index contributed by atoms with van der Waals surface area (Å²) in [6, 6.07) is 13.5. The average Bonchev–Trinajstić information content (AvgIpc) is 2.48. The molecular weight excluding hydrogens is 264 g/mol. The lowest BCUT2D eigenvalue weighted by Gasteiger charge is -2.37. The second kappa shape index (κ2) is 5.49. The van der Waals surface area contributed by atoms with Crippen molar-refractivity contribution in [3.63, 3.8) is 0 Å². The van der Waals surface area contributed by atoms with Gasteiger partial charge in [0.25, 0.3) is 0 Å². The van der Waals surface area contributed by atoms with Gasteiger partial charge in [0.15, 0.2) is 0 Å². The van der Waals surface area contributed by atoms with Crippen LogP contribution in [0.1, 0.15) is 43.6 Å². The number of aliphatic carboxylic acids is 1. The molecule has 110 valence electrons. The highest BCUT2D eigenvalue weighted by Gasteiger charge is 2.43. The van der Waals surface area contributed by atoms with Crippen molar-refractivity contribution in [2.45, 2.75) is 43.6 Å². The number of carboxylic acids is 1. The minimum Gasteiger partial charge on any atom is -0.481 e. The molecule has 0 aliphatic heterocycles. The predicted octanol–water partition coefficient (Wildman–Crippen LogP) is 3.70. The SMILES string of the molecule is O=C(O)C(c1cccc2ccccc12)C1(O)CCCCC1. The number of carboxylic acid groups (broad SMARTS) is 1. The Balaban J connectivity index is 2.14. The Labute approximate surface area is 124 Å². The summed E-state index contributed by atoms with van der Waals surface area (Å²) in [4.78, 5) is 11.9. The number of rotatable bonds is 3. The molecule has 3 heteroatoms. The second-order valence-corrected chi connectivity index (χ2v) is 6.00. The lowest BCUT2D eigenvalue weighted by atomic mass is 9.72. The van der Waals surface area contributed by atoms with Crippen molar-refractivity contribution in [2.24, 2.45) is 0 Å². The fraction of sp³-hybridized carbons (Fsp3) is 0.389. The molecule has 1 aliphatic rings. The molecule has 2 N–H and O–H groups in total. The number of fused-ring (bicyclic) bond motifs is 1. The molecule has 21 heavy (non-hydrogen) atoms. The van der Waals surface area contributed by atoms with Crippen molar-refractivity contribution < 1.29 is 15.0 Å². The Morgan fingerprint density at radius 1 is 1.00 bits per heavy atom. The van der Waals surface area contributed by atoms with Crippen LogP contribution in [0.3, 0.4) is 0 Å². The molecular formula is C18H20O3. The van der Waals surface area contributed by atoms with E-state index in [1.165, 1.54) is 0 Å². The normalized spacial score (nSPS) is 19.3. The topological polar surface area (TPSA) is 57.5 Å². The van der Waals surface area contributed by atoms with Crippen LogP contribution < -0.4 is 0 Å². The molecule has 0 saturated heterocycles. The summed E-state index contributed by atoms with van der Waals surface area (Å²) < 4.78 is 0. The van der Waals surface area contributed by atoms with E-state index in [1.54, 1.807) is 0 Å². The summed E-state index contributed by atoms with van der Waals surface area (Å²) >= 11 is 0. The summed E-state index contributed by atoms with van der Waals surface area (Å²) in [7, 11) is 0. The van der Waals surface area contributed by atoms with E-state index in [-0.39, 0.29) is 0 Å². The molecule has 0 spiro atoms. The maximum atomic E-state index is 11.9. The molecule has 1 saturated carbocycles. The van der Waals surface area contributed by atoms with Gasteiger partial charge in [0, 0.05) is 0 Å². The maximum Gasteiger partial charge on any atom is 0.313 e. The molecule has 0 amide bonds. The van der Waals surface area contributed by atoms with Gasteiger partial charge < -0.3 is 10.2 Å². The van der Waals surface area contributed by atoms with E-state index in [9.17, 15) is 15.0 Å². The molecule has 1 fully saturated rings.